The molecule has 0 aromatic rings. The summed E-state index contributed by atoms with van der Waals surface area (Å²) in [6.07, 6.45) is 3.70. The van der Waals surface area contributed by atoms with Gasteiger partial charge in [0.25, 0.3) is 0 Å². The Morgan fingerprint density at radius 3 is 3.12 bits per heavy atom. The SMILES string of the molecule is COCCNC(=O)NCC1CCCCNC1. The Bertz CT molecular complexity index is 192. The Morgan fingerprint density at radius 2 is 2.31 bits per heavy atom. The molecule has 1 atom stereocenters. The van der Waals surface area contributed by atoms with E-state index >= 15 is 0 Å². The van der Waals surface area contributed by atoms with Crippen molar-refractivity contribution >= 4 is 6.03 Å². The minimum absolute atomic E-state index is 0.0960. The van der Waals surface area contributed by atoms with Crippen LogP contribution in [-0.2, 0) is 4.74 Å². The van der Waals surface area contributed by atoms with Crippen molar-refractivity contribution in [2.24, 2.45) is 5.92 Å². The van der Waals surface area contributed by atoms with Crippen LogP contribution >= 0.6 is 0 Å². The number of methoxy groups -OCH3 is 1. The summed E-state index contributed by atoms with van der Waals surface area (Å²) in [4.78, 5) is 11.3. The number of rotatable bonds is 5. The van der Waals surface area contributed by atoms with E-state index in [1.54, 1.807) is 7.11 Å². The maximum Gasteiger partial charge on any atom is 0.314 e. The Labute approximate surface area is 97.3 Å². The average Bonchev–Trinajstić information content (AvgIpc) is 2.55. The average molecular weight is 229 g/mol. The molecular weight excluding hydrogens is 206 g/mol. The van der Waals surface area contributed by atoms with Gasteiger partial charge >= 0.3 is 6.03 Å². The van der Waals surface area contributed by atoms with Gasteiger partial charge in [0.15, 0.2) is 0 Å². The first-order chi connectivity index (χ1) is 7.83. The van der Waals surface area contributed by atoms with Crippen molar-refractivity contribution < 1.29 is 9.53 Å². The van der Waals surface area contributed by atoms with Gasteiger partial charge in [0, 0.05) is 20.2 Å². The van der Waals surface area contributed by atoms with Crippen molar-refractivity contribution in [2.75, 3.05) is 39.9 Å². The van der Waals surface area contributed by atoms with Crippen LogP contribution in [0, 0.1) is 5.92 Å². The molecule has 0 aromatic heterocycles. The molecule has 2 amide bonds. The van der Waals surface area contributed by atoms with Crippen LogP contribution in [0.3, 0.4) is 0 Å². The molecule has 1 fully saturated rings. The fraction of sp³-hybridized carbons (Fsp3) is 0.909. The number of hydrogen-bond donors (Lipinski definition) is 3. The predicted molar refractivity (Wildman–Crippen MR) is 63.5 cm³/mol. The second-order valence-corrected chi connectivity index (χ2v) is 4.20. The standard InChI is InChI=1S/C11H23N3O2/c1-16-7-6-13-11(15)14-9-10-4-2-3-5-12-8-10/h10,12H,2-9H2,1H3,(H2,13,14,15). The van der Waals surface area contributed by atoms with Gasteiger partial charge in [-0.1, -0.05) is 6.42 Å². The van der Waals surface area contributed by atoms with Gasteiger partial charge in [-0.25, -0.2) is 4.79 Å². The van der Waals surface area contributed by atoms with Crippen LogP contribution in [0.5, 0.6) is 0 Å². The van der Waals surface area contributed by atoms with E-state index in [2.05, 4.69) is 16.0 Å². The Hall–Kier alpha value is -0.810. The lowest BCUT2D eigenvalue weighted by Gasteiger charge is -2.15. The van der Waals surface area contributed by atoms with Gasteiger partial charge < -0.3 is 20.7 Å². The zero-order chi connectivity index (χ0) is 11.6. The van der Waals surface area contributed by atoms with Gasteiger partial charge in [-0.05, 0) is 31.8 Å². The van der Waals surface area contributed by atoms with Crippen LogP contribution in [0.2, 0.25) is 0 Å². The first-order valence-electron chi connectivity index (χ1n) is 6.04. The van der Waals surface area contributed by atoms with Crippen LogP contribution in [0.4, 0.5) is 4.79 Å². The molecule has 0 bridgehead atoms. The first-order valence-corrected chi connectivity index (χ1v) is 6.04. The highest BCUT2D eigenvalue weighted by Crippen LogP contribution is 2.09. The summed E-state index contributed by atoms with van der Waals surface area (Å²) < 4.78 is 4.85. The molecule has 5 heteroatoms. The number of urea groups is 1. The summed E-state index contributed by atoms with van der Waals surface area (Å²) in [5.41, 5.74) is 0. The van der Waals surface area contributed by atoms with Crippen LogP contribution < -0.4 is 16.0 Å². The molecule has 0 spiro atoms. The van der Waals surface area contributed by atoms with Crippen molar-refractivity contribution in [3.63, 3.8) is 0 Å². The zero-order valence-electron chi connectivity index (χ0n) is 10.1. The summed E-state index contributed by atoms with van der Waals surface area (Å²) in [5, 5.41) is 9.02. The number of ether oxygens (including phenoxy) is 1. The summed E-state index contributed by atoms with van der Waals surface area (Å²) in [5.74, 6) is 0.565. The number of carbonyl (C=O) groups excluding carboxylic acids is 1. The van der Waals surface area contributed by atoms with Gasteiger partial charge in [0.1, 0.15) is 0 Å². The van der Waals surface area contributed by atoms with E-state index in [9.17, 15) is 4.79 Å². The molecule has 3 N–H and O–H groups in total. The third kappa shape index (κ3) is 5.92. The number of carbonyl (C=O) groups is 1. The Morgan fingerprint density at radius 1 is 1.44 bits per heavy atom. The molecule has 0 radical (unpaired) electrons. The predicted octanol–water partition coefficient (Wildman–Crippen LogP) is 0.322. The topological polar surface area (TPSA) is 62.4 Å². The highest BCUT2D eigenvalue weighted by atomic mass is 16.5. The highest BCUT2D eigenvalue weighted by Gasteiger charge is 2.12. The molecule has 0 aliphatic carbocycles. The summed E-state index contributed by atoms with van der Waals surface area (Å²) in [6, 6.07) is -0.0960. The second kappa shape index (κ2) is 8.35. The molecular formula is C11H23N3O2. The van der Waals surface area contributed by atoms with Crippen molar-refractivity contribution in [3.8, 4) is 0 Å². The molecule has 1 aliphatic rings. The molecule has 5 nitrogen and oxygen atoms in total. The smallest absolute Gasteiger partial charge is 0.314 e. The molecule has 1 saturated heterocycles. The van der Waals surface area contributed by atoms with Crippen LogP contribution in [0.15, 0.2) is 0 Å². The van der Waals surface area contributed by atoms with E-state index in [1.807, 2.05) is 0 Å². The first kappa shape index (κ1) is 13.3. The maximum atomic E-state index is 11.3. The highest BCUT2D eigenvalue weighted by molar-refractivity contribution is 5.73. The molecule has 1 heterocycles. The molecule has 1 aliphatic heterocycles. The minimum atomic E-state index is -0.0960. The van der Waals surface area contributed by atoms with E-state index in [0.29, 0.717) is 19.1 Å². The molecule has 0 aromatic carbocycles. The molecule has 1 unspecified atom stereocenters. The normalized spacial score (nSPS) is 21.2. The van der Waals surface area contributed by atoms with E-state index in [4.69, 9.17) is 4.74 Å². The molecule has 1 rings (SSSR count). The van der Waals surface area contributed by atoms with Crippen LogP contribution in [-0.4, -0.2) is 45.9 Å². The maximum absolute atomic E-state index is 11.3. The Balaban J connectivity index is 2.05. The Kier molecular flexibility index (Phi) is 6.92. The summed E-state index contributed by atoms with van der Waals surface area (Å²) in [7, 11) is 1.62. The van der Waals surface area contributed by atoms with Gasteiger partial charge in [-0.2, -0.15) is 0 Å². The monoisotopic (exact) mass is 229 g/mol. The number of nitrogens with one attached hydrogen (secondary N) is 3. The number of amides is 2. The van der Waals surface area contributed by atoms with Crippen molar-refractivity contribution in [3.05, 3.63) is 0 Å². The van der Waals surface area contributed by atoms with Gasteiger partial charge in [-0.15, -0.1) is 0 Å². The van der Waals surface area contributed by atoms with Crippen LogP contribution in [0.25, 0.3) is 0 Å². The van der Waals surface area contributed by atoms with Gasteiger partial charge in [0.2, 0.25) is 0 Å². The van der Waals surface area contributed by atoms with Crippen molar-refractivity contribution in [1.29, 1.82) is 0 Å². The van der Waals surface area contributed by atoms with Gasteiger partial charge in [-0.3, -0.25) is 0 Å². The number of hydrogen-bond acceptors (Lipinski definition) is 3. The fourth-order valence-corrected chi connectivity index (χ4v) is 1.83. The minimum Gasteiger partial charge on any atom is -0.383 e. The van der Waals surface area contributed by atoms with E-state index in [1.165, 1.54) is 19.3 Å². The summed E-state index contributed by atoms with van der Waals surface area (Å²) in [6.45, 7) is 3.99. The lowest BCUT2D eigenvalue weighted by Crippen LogP contribution is -2.41. The molecule has 94 valence electrons. The fourth-order valence-electron chi connectivity index (χ4n) is 1.83. The second-order valence-electron chi connectivity index (χ2n) is 4.20. The van der Waals surface area contributed by atoms with E-state index < -0.39 is 0 Å². The van der Waals surface area contributed by atoms with Gasteiger partial charge in [0.05, 0.1) is 6.61 Å². The lowest BCUT2D eigenvalue weighted by atomic mass is 10.0. The van der Waals surface area contributed by atoms with Crippen LogP contribution in [0.1, 0.15) is 19.3 Å². The third-order valence-corrected chi connectivity index (χ3v) is 2.79. The van der Waals surface area contributed by atoms with E-state index in [-0.39, 0.29) is 6.03 Å². The largest absolute Gasteiger partial charge is 0.383 e. The molecule has 16 heavy (non-hydrogen) atoms. The summed E-state index contributed by atoms with van der Waals surface area (Å²) >= 11 is 0. The zero-order valence-corrected chi connectivity index (χ0v) is 10.1. The van der Waals surface area contributed by atoms with Crippen molar-refractivity contribution in [2.45, 2.75) is 19.3 Å². The van der Waals surface area contributed by atoms with E-state index in [0.717, 1.165) is 19.6 Å². The van der Waals surface area contributed by atoms with Crippen molar-refractivity contribution in [1.82, 2.24) is 16.0 Å². The third-order valence-electron chi connectivity index (χ3n) is 2.79. The lowest BCUT2D eigenvalue weighted by molar-refractivity contribution is 0.195. The quantitative estimate of drug-likeness (QED) is 0.595. The molecule has 0 saturated carbocycles.